The maximum absolute atomic E-state index is 12.8. The number of aromatic nitrogens is 3. The third-order valence-corrected chi connectivity index (χ3v) is 5.73. The highest BCUT2D eigenvalue weighted by molar-refractivity contribution is 5.94. The molecule has 1 fully saturated rings. The number of rotatable bonds is 10. The van der Waals surface area contributed by atoms with Crippen LogP contribution in [0.25, 0.3) is 11.3 Å². The summed E-state index contributed by atoms with van der Waals surface area (Å²) in [6.45, 7) is 1.75. The van der Waals surface area contributed by atoms with Gasteiger partial charge in [0.1, 0.15) is 5.69 Å². The molecule has 1 amide bonds. The third kappa shape index (κ3) is 5.33. The number of aliphatic hydroxyl groups is 2. The summed E-state index contributed by atoms with van der Waals surface area (Å²) < 4.78 is 0. The molecule has 8 heteroatoms. The lowest BCUT2D eigenvalue weighted by Crippen LogP contribution is -2.30. The molecule has 2 aromatic heterocycles. The zero-order chi connectivity index (χ0) is 22.5. The molecule has 0 saturated heterocycles. The van der Waals surface area contributed by atoms with Crippen LogP contribution >= 0.6 is 0 Å². The molecule has 0 spiro atoms. The molecule has 0 bridgehead atoms. The number of nitrogens with zero attached hydrogens (tertiary/aromatic N) is 2. The molecular formula is C24H29N5O3. The highest BCUT2D eigenvalue weighted by Crippen LogP contribution is 2.34. The lowest BCUT2D eigenvalue weighted by atomic mass is 10.1. The summed E-state index contributed by atoms with van der Waals surface area (Å²) in [6, 6.07) is 10.5. The van der Waals surface area contributed by atoms with E-state index in [-0.39, 0.29) is 25.2 Å². The Kier molecular flexibility index (Phi) is 6.82. The van der Waals surface area contributed by atoms with Crippen LogP contribution in [-0.4, -0.2) is 50.3 Å². The summed E-state index contributed by atoms with van der Waals surface area (Å²) in [5, 5.41) is 25.5. The first-order valence-electron chi connectivity index (χ1n) is 10.9. The SMILES string of the molecule is Cc1cnc(N[C@@H](CO)CC2CC2)nc1-c1c[nH]c(C(=O)N[C@H](CO)c2ccccc2)c1. The molecule has 32 heavy (non-hydrogen) atoms. The summed E-state index contributed by atoms with van der Waals surface area (Å²) in [5.41, 5.74) is 3.57. The number of aliphatic hydroxyl groups excluding tert-OH is 2. The molecule has 1 saturated carbocycles. The summed E-state index contributed by atoms with van der Waals surface area (Å²) in [5.74, 6) is 0.824. The summed E-state index contributed by atoms with van der Waals surface area (Å²) >= 11 is 0. The molecule has 2 heterocycles. The quantitative estimate of drug-likeness (QED) is 0.334. The van der Waals surface area contributed by atoms with E-state index in [0.717, 1.165) is 23.1 Å². The topological polar surface area (TPSA) is 123 Å². The molecule has 0 unspecified atom stereocenters. The molecule has 5 N–H and O–H groups in total. The van der Waals surface area contributed by atoms with Crippen LogP contribution in [0.5, 0.6) is 0 Å². The Hall–Kier alpha value is -3.23. The molecule has 0 aliphatic heterocycles. The lowest BCUT2D eigenvalue weighted by Gasteiger charge is -2.16. The molecule has 1 aliphatic rings. The van der Waals surface area contributed by atoms with E-state index in [1.807, 2.05) is 37.3 Å². The van der Waals surface area contributed by atoms with Crippen LogP contribution in [0.3, 0.4) is 0 Å². The van der Waals surface area contributed by atoms with Gasteiger partial charge in [0.25, 0.3) is 5.91 Å². The van der Waals surface area contributed by atoms with Crippen LogP contribution in [-0.2, 0) is 0 Å². The van der Waals surface area contributed by atoms with Crippen LogP contribution in [0, 0.1) is 12.8 Å². The number of hydrogen-bond acceptors (Lipinski definition) is 6. The number of anilines is 1. The van der Waals surface area contributed by atoms with Gasteiger partial charge in [-0.05, 0) is 36.5 Å². The number of amides is 1. The standard InChI is InChI=1S/C24H29N5O3/c1-15-11-26-24(27-19(13-30)9-16-7-8-16)29-22(15)18-10-20(25-12-18)23(32)28-21(14-31)17-5-3-2-4-6-17/h2-6,10-12,16,19,21,25,30-31H,7-9,13-14H2,1H3,(H,28,32)(H,26,27,29)/t19-,21-/m1/s1. The largest absolute Gasteiger partial charge is 0.394 e. The van der Waals surface area contributed by atoms with Crippen molar-refractivity contribution in [3.05, 3.63) is 65.6 Å². The average Bonchev–Trinajstić information content (AvgIpc) is 3.50. The molecule has 4 rings (SSSR count). The Balaban J connectivity index is 1.48. The van der Waals surface area contributed by atoms with Gasteiger partial charge in [-0.15, -0.1) is 0 Å². The monoisotopic (exact) mass is 435 g/mol. The number of carbonyl (C=O) groups excluding carboxylic acids is 1. The minimum Gasteiger partial charge on any atom is -0.394 e. The first-order valence-corrected chi connectivity index (χ1v) is 10.9. The second kappa shape index (κ2) is 9.93. The van der Waals surface area contributed by atoms with Crippen molar-refractivity contribution in [1.82, 2.24) is 20.3 Å². The van der Waals surface area contributed by atoms with Crippen molar-refractivity contribution < 1.29 is 15.0 Å². The summed E-state index contributed by atoms with van der Waals surface area (Å²) in [4.78, 5) is 24.7. The van der Waals surface area contributed by atoms with Crippen molar-refractivity contribution in [2.45, 2.75) is 38.3 Å². The van der Waals surface area contributed by atoms with Crippen molar-refractivity contribution in [1.29, 1.82) is 0 Å². The van der Waals surface area contributed by atoms with Gasteiger partial charge in [0.2, 0.25) is 5.95 Å². The fraction of sp³-hybridized carbons (Fsp3) is 0.375. The van der Waals surface area contributed by atoms with Crippen LogP contribution < -0.4 is 10.6 Å². The van der Waals surface area contributed by atoms with E-state index in [9.17, 15) is 15.0 Å². The first-order chi connectivity index (χ1) is 15.6. The third-order valence-electron chi connectivity index (χ3n) is 5.73. The Morgan fingerprint density at radius 3 is 2.69 bits per heavy atom. The molecule has 0 radical (unpaired) electrons. The van der Waals surface area contributed by atoms with Gasteiger partial charge in [0, 0.05) is 18.0 Å². The van der Waals surface area contributed by atoms with Gasteiger partial charge in [-0.1, -0.05) is 43.2 Å². The van der Waals surface area contributed by atoms with E-state index in [1.165, 1.54) is 12.8 Å². The number of hydrogen-bond donors (Lipinski definition) is 5. The fourth-order valence-electron chi connectivity index (χ4n) is 3.74. The van der Waals surface area contributed by atoms with Crippen LogP contribution in [0.1, 0.15) is 46.9 Å². The Labute approximate surface area is 187 Å². The van der Waals surface area contributed by atoms with E-state index in [0.29, 0.717) is 23.3 Å². The van der Waals surface area contributed by atoms with Gasteiger partial charge in [0.15, 0.2) is 0 Å². The van der Waals surface area contributed by atoms with Crippen LogP contribution in [0.15, 0.2) is 48.8 Å². The van der Waals surface area contributed by atoms with Crippen molar-refractivity contribution in [2.24, 2.45) is 5.92 Å². The zero-order valence-corrected chi connectivity index (χ0v) is 18.1. The highest BCUT2D eigenvalue weighted by atomic mass is 16.3. The Bertz CT molecular complexity index is 1050. The normalized spacial score (nSPS) is 15.2. The molecular weight excluding hydrogens is 406 g/mol. The molecule has 1 aliphatic carbocycles. The number of carbonyl (C=O) groups is 1. The minimum atomic E-state index is -0.492. The maximum atomic E-state index is 12.8. The molecule has 168 valence electrons. The second-order valence-electron chi connectivity index (χ2n) is 8.35. The maximum Gasteiger partial charge on any atom is 0.268 e. The van der Waals surface area contributed by atoms with Gasteiger partial charge in [-0.25, -0.2) is 9.97 Å². The van der Waals surface area contributed by atoms with Gasteiger partial charge in [-0.3, -0.25) is 4.79 Å². The lowest BCUT2D eigenvalue weighted by molar-refractivity contribution is 0.0911. The smallest absolute Gasteiger partial charge is 0.268 e. The summed E-state index contributed by atoms with van der Waals surface area (Å²) in [7, 11) is 0. The number of H-pyrrole nitrogens is 1. The summed E-state index contributed by atoms with van der Waals surface area (Å²) in [6.07, 6.45) is 6.81. The van der Waals surface area contributed by atoms with Crippen LogP contribution in [0.2, 0.25) is 0 Å². The second-order valence-corrected chi connectivity index (χ2v) is 8.35. The van der Waals surface area contributed by atoms with Crippen molar-refractivity contribution in [3.8, 4) is 11.3 Å². The van der Waals surface area contributed by atoms with E-state index < -0.39 is 6.04 Å². The average molecular weight is 436 g/mol. The predicted molar refractivity (Wildman–Crippen MR) is 122 cm³/mol. The van der Waals surface area contributed by atoms with Crippen molar-refractivity contribution >= 4 is 11.9 Å². The molecule has 2 atom stereocenters. The molecule has 1 aromatic carbocycles. The Morgan fingerprint density at radius 2 is 2.00 bits per heavy atom. The van der Waals surface area contributed by atoms with Crippen molar-refractivity contribution in [3.63, 3.8) is 0 Å². The Morgan fingerprint density at radius 1 is 1.22 bits per heavy atom. The number of aryl methyl sites for hydroxylation is 1. The van der Waals surface area contributed by atoms with Crippen molar-refractivity contribution in [2.75, 3.05) is 18.5 Å². The number of benzene rings is 1. The van der Waals surface area contributed by atoms with Gasteiger partial charge in [-0.2, -0.15) is 0 Å². The van der Waals surface area contributed by atoms with E-state index >= 15 is 0 Å². The van der Waals surface area contributed by atoms with E-state index in [2.05, 4.69) is 25.6 Å². The highest BCUT2D eigenvalue weighted by Gasteiger charge is 2.25. The van der Waals surface area contributed by atoms with Gasteiger partial charge >= 0.3 is 0 Å². The van der Waals surface area contributed by atoms with Gasteiger partial charge < -0.3 is 25.8 Å². The fourth-order valence-corrected chi connectivity index (χ4v) is 3.74. The molecule has 3 aromatic rings. The first kappa shape index (κ1) is 22.0. The van der Waals surface area contributed by atoms with E-state index in [4.69, 9.17) is 0 Å². The number of aromatic amines is 1. The predicted octanol–water partition coefficient (Wildman–Crippen LogP) is 2.82. The molecule has 8 nitrogen and oxygen atoms in total. The van der Waals surface area contributed by atoms with Crippen LogP contribution in [0.4, 0.5) is 5.95 Å². The van der Waals surface area contributed by atoms with E-state index in [1.54, 1.807) is 18.5 Å². The minimum absolute atomic E-state index is 0.0327. The number of nitrogens with one attached hydrogen (secondary N) is 3. The zero-order valence-electron chi connectivity index (χ0n) is 18.1. The van der Waals surface area contributed by atoms with Gasteiger partial charge in [0.05, 0.1) is 31.0 Å².